The van der Waals surface area contributed by atoms with Gasteiger partial charge >= 0.3 is 0 Å². The second kappa shape index (κ2) is 8.51. The molecule has 154 valence electrons. The van der Waals surface area contributed by atoms with Gasteiger partial charge in [-0.25, -0.2) is 0 Å². The maximum absolute atomic E-state index is 13.2. The number of carbonyl (C=O) groups is 1. The van der Waals surface area contributed by atoms with Crippen molar-refractivity contribution in [1.29, 1.82) is 0 Å². The minimum Gasteiger partial charge on any atom is -0.381 e. The van der Waals surface area contributed by atoms with Crippen LogP contribution < -0.4 is 0 Å². The van der Waals surface area contributed by atoms with E-state index in [-0.39, 0.29) is 17.4 Å². The van der Waals surface area contributed by atoms with Gasteiger partial charge in [-0.15, -0.1) is 0 Å². The summed E-state index contributed by atoms with van der Waals surface area (Å²) in [7, 11) is 1.99. The zero-order chi connectivity index (χ0) is 19.7. The number of halogens is 2. The fourth-order valence-corrected chi connectivity index (χ4v) is 5.68. The Morgan fingerprint density at radius 3 is 2.71 bits per heavy atom. The quantitative estimate of drug-likeness (QED) is 0.716. The summed E-state index contributed by atoms with van der Waals surface area (Å²) >= 11 is 12.2. The highest BCUT2D eigenvalue weighted by atomic mass is 35.5. The third-order valence-electron chi connectivity index (χ3n) is 7.08. The highest BCUT2D eigenvalue weighted by Gasteiger charge is 2.47. The molecule has 0 radical (unpaired) electrons. The molecule has 1 aromatic carbocycles. The monoisotopic (exact) mass is 424 g/mol. The highest BCUT2D eigenvalue weighted by molar-refractivity contribution is 6.42. The first-order valence-corrected chi connectivity index (χ1v) is 11.2. The summed E-state index contributed by atoms with van der Waals surface area (Å²) in [6.45, 7) is 4.05. The van der Waals surface area contributed by atoms with Crippen molar-refractivity contribution in [1.82, 2.24) is 9.80 Å². The molecule has 3 aliphatic rings. The van der Waals surface area contributed by atoms with Crippen LogP contribution in [0.5, 0.6) is 0 Å². The van der Waals surface area contributed by atoms with Crippen molar-refractivity contribution in [3.05, 3.63) is 33.8 Å². The number of hydrogen-bond acceptors (Lipinski definition) is 3. The Bertz CT molecular complexity index is 714. The van der Waals surface area contributed by atoms with Crippen LogP contribution in [0.2, 0.25) is 10.0 Å². The van der Waals surface area contributed by atoms with Crippen LogP contribution >= 0.6 is 23.2 Å². The Morgan fingerprint density at radius 1 is 1.25 bits per heavy atom. The van der Waals surface area contributed by atoms with Gasteiger partial charge in [0.1, 0.15) is 0 Å². The zero-order valence-corrected chi connectivity index (χ0v) is 18.1. The number of benzene rings is 1. The molecule has 4 rings (SSSR count). The number of hydrogen-bond donors (Lipinski definition) is 0. The fraction of sp³-hybridized carbons (Fsp3) is 0.682. The van der Waals surface area contributed by atoms with Gasteiger partial charge in [0.25, 0.3) is 0 Å². The summed E-state index contributed by atoms with van der Waals surface area (Å²) in [6.07, 6.45) is 7.48. The van der Waals surface area contributed by atoms with Gasteiger partial charge in [-0.2, -0.15) is 0 Å². The highest BCUT2D eigenvalue weighted by Crippen LogP contribution is 2.45. The normalized spacial score (nSPS) is 30.8. The maximum atomic E-state index is 13.2. The van der Waals surface area contributed by atoms with E-state index in [0.29, 0.717) is 22.5 Å². The summed E-state index contributed by atoms with van der Waals surface area (Å²) in [5.74, 6) is 0.156. The van der Waals surface area contributed by atoms with Gasteiger partial charge in [-0.1, -0.05) is 29.3 Å². The van der Waals surface area contributed by atoms with E-state index >= 15 is 0 Å². The molecule has 3 atom stereocenters. The van der Waals surface area contributed by atoms with E-state index in [1.165, 1.54) is 38.8 Å². The van der Waals surface area contributed by atoms with Gasteiger partial charge in [-0.3, -0.25) is 9.69 Å². The number of likely N-dealkylation sites (N-methyl/N-ethyl adjacent to an activating group) is 1. The molecule has 1 amide bonds. The van der Waals surface area contributed by atoms with Gasteiger partial charge in [0.2, 0.25) is 5.91 Å². The lowest BCUT2D eigenvalue weighted by Gasteiger charge is -2.48. The van der Waals surface area contributed by atoms with Gasteiger partial charge in [-0.05, 0) is 74.7 Å². The van der Waals surface area contributed by atoms with E-state index < -0.39 is 0 Å². The molecule has 4 nitrogen and oxygen atoms in total. The summed E-state index contributed by atoms with van der Waals surface area (Å²) in [5, 5.41) is 1.03. The van der Waals surface area contributed by atoms with Crippen LogP contribution in [0.15, 0.2) is 18.2 Å². The fourth-order valence-electron chi connectivity index (χ4n) is 5.36. The van der Waals surface area contributed by atoms with Crippen LogP contribution in [0.25, 0.3) is 0 Å². The Kier molecular flexibility index (Phi) is 6.22. The molecule has 1 aromatic rings. The van der Waals surface area contributed by atoms with Crippen molar-refractivity contribution in [3.8, 4) is 0 Å². The van der Waals surface area contributed by atoms with Gasteiger partial charge in [0, 0.05) is 25.7 Å². The maximum Gasteiger partial charge on any atom is 0.227 e. The van der Waals surface area contributed by atoms with E-state index in [0.717, 1.165) is 31.6 Å². The Balaban J connectivity index is 1.50. The minimum absolute atomic E-state index is 0.156. The number of likely N-dealkylation sites (tertiary alicyclic amines) is 1. The van der Waals surface area contributed by atoms with Crippen LogP contribution in [0, 0.1) is 5.41 Å². The van der Waals surface area contributed by atoms with E-state index in [1.54, 1.807) is 12.1 Å². The number of rotatable bonds is 4. The number of carbonyl (C=O) groups excluding carboxylic acids is 1. The smallest absolute Gasteiger partial charge is 0.227 e. The van der Waals surface area contributed by atoms with Crippen LogP contribution in [0.4, 0.5) is 0 Å². The Hall–Kier alpha value is -0.810. The third-order valence-corrected chi connectivity index (χ3v) is 7.82. The first-order valence-electron chi connectivity index (χ1n) is 10.5. The number of amides is 1. The van der Waals surface area contributed by atoms with E-state index in [4.69, 9.17) is 27.9 Å². The molecule has 0 aromatic heterocycles. The zero-order valence-electron chi connectivity index (χ0n) is 16.6. The topological polar surface area (TPSA) is 32.8 Å². The molecule has 0 bridgehead atoms. The number of nitrogens with zero attached hydrogens (tertiary/aromatic N) is 2. The lowest BCUT2D eigenvalue weighted by molar-refractivity contribution is -0.134. The lowest BCUT2D eigenvalue weighted by Crippen LogP contribution is -2.57. The molecular weight excluding hydrogens is 395 g/mol. The molecule has 3 fully saturated rings. The predicted molar refractivity (Wildman–Crippen MR) is 113 cm³/mol. The SMILES string of the molecule is CN(C(=O)Cc1ccc(Cl)c(Cl)c1)C1CC2(CCOC2)CCC1N1CCCC1. The van der Waals surface area contributed by atoms with Crippen molar-refractivity contribution in [2.75, 3.05) is 33.4 Å². The van der Waals surface area contributed by atoms with Gasteiger partial charge in [0.05, 0.1) is 23.1 Å². The average molecular weight is 425 g/mol. The largest absolute Gasteiger partial charge is 0.381 e. The van der Waals surface area contributed by atoms with Gasteiger partial charge < -0.3 is 9.64 Å². The summed E-state index contributed by atoms with van der Waals surface area (Å²) in [5.41, 5.74) is 1.18. The number of ether oxygens (including phenoxy) is 1. The standard InChI is InChI=1S/C22H30Cl2N2O2/c1-25(21(27)13-16-4-5-17(23)18(24)12-16)20-14-22(8-11-28-15-22)7-6-19(20)26-9-2-3-10-26/h4-5,12,19-20H,2-3,6-11,13-15H2,1H3. The van der Waals surface area contributed by atoms with Gasteiger partial charge in [0.15, 0.2) is 0 Å². The van der Waals surface area contributed by atoms with Crippen molar-refractivity contribution < 1.29 is 9.53 Å². The summed E-state index contributed by atoms with van der Waals surface area (Å²) in [6, 6.07) is 6.19. The van der Waals surface area contributed by atoms with E-state index in [2.05, 4.69) is 4.90 Å². The second-order valence-corrected chi connectivity index (χ2v) is 9.67. The second-order valence-electron chi connectivity index (χ2n) is 8.85. The lowest BCUT2D eigenvalue weighted by atomic mass is 9.69. The molecule has 3 unspecified atom stereocenters. The molecule has 1 saturated carbocycles. The van der Waals surface area contributed by atoms with Crippen molar-refractivity contribution in [3.63, 3.8) is 0 Å². The summed E-state index contributed by atoms with van der Waals surface area (Å²) < 4.78 is 5.76. The minimum atomic E-state index is 0.156. The van der Waals surface area contributed by atoms with Crippen molar-refractivity contribution in [2.24, 2.45) is 5.41 Å². The molecule has 1 aliphatic carbocycles. The molecule has 0 N–H and O–H groups in total. The van der Waals surface area contributed by atoms with Crippen LogP contribution in [-0.2, 0) is 16.0 Å². The Labute approximate surface area is 178 Å². The summed E-state index contributed by atoms with van der Waals surface area (Å²) in [4.78, 5) is 17.8. The first kappa shape index (κ1) is 20.5. The first-order chi connectivity index (χ1) is 13.5. The predicted octanol–water partition coefficient (Wildman–Crippen LogP) is 4.42. The molecule has 28 heavy (non-hydrogen) atoms. The Morgan fingerprint density at radius 2 is 2.04 bits per heavy atom. The average Bonchev–Trinajstić information content (AvgIpc) is 3.37. The van der Waals surface area contributed by atoms with E-state index in [9.17, 15) is 4.79 Å². The molecular formula is C22H30Cl2N2O2. The molecule has 2 aliphatic heterocycles. The van der Waals surface area contributed by atoms with Crippen LogP contribution in [0.3, 0.4) is 0 Å². The molecule has 6 heteroatoms. The molecule has 2 saturated heterocycles. The van der Waals surface area contributed by atoms with Crippen molar-refractivity contribution >= 4 is 29.1 Å². The van der Waals surface area contributed by atoms with Crippen LogP contribution in [0.1, 0.15) is 44.1 Å². The molecule has 2 heterocycles. The third kappa shape index (κ3) is 4.21. The van der Waals surface area contributed by atoms with Crippen LogP contribution in [-0.4, -0.2) is 61.1 Å². The molecule has 1 spiro atoms. The van der Waals surface area contributed by atoms with E-state index in [1.807, 2.05) is 18.0 Å². The van der Waals surface area contributed by atoms with Crippen molar-refractivity contribution in [2.45, 2.75) is 57.0 Å².